The molecule has 0 radical (unpaired) electrons. The van der Waals surface area contributed by atoms with Gasteiger partial charge in [-0.05, 0) is 69.1 Å². The quantitative estimate of drug-likeness (QED) is 0.577. The van der Waals surface area contributed by atoms with Gasteiger partial charge in [-0.15, -0.1) is 0 Å². The number of hydrogen-bond acceptors (Lipinski definition) is 6. The lowest BCUT2D eigenvalue weighted by Gasteiger charge is -2.33. The van der Waals surface area contributed by atoms with Crippen LogP contribution in [0.2, 0.25) is 0 Å². The third-order valence-electron chi connectivity index (χ3n) is 7.91. The summed E-state index contributed by atoms with van der Waals surface area (Å²) in [6, 6.07) is 13.5. The molecule has 0 bridgehead atoms. The van der Waals surface area contributed by atoms with E-state index >= 15 is 0 Å². The average molecular weight is 445 g/mol. The van der Waals surface area contributed by atoms with Gasteiger partial charge in [0.15, 0.2) is 0 Å². The first-order chi connectivity index (χ1) is 16.2. The van der Waals surface area contributed by atoms with Gasteiger partial charge in [-0.1, -0.05) is 30.3 Å². The van der Waals surface area contributed by atoms with Crippen molar-refractivity contribution in [3.8, 4) is 11.9 Å². The van der Waals surface area contributed by atoms with Crippen molar-refractivity contribution in [3.05, 3.63) is 53.2 Å². The topological polar surface area (TPSA) is 50.7 Å². The smallest absolute Gasteiger partial charge is 0.320 e. The summed E-state index contributed by atoms with van der Waals surface area (Å²) in [7, 11) is 1.70. The van der Waals surface area contributed by atoms with Gasteiger partial charge in [0.2, 0.25) is 5.88 Å². The lowest BCUT2D eigenvalue weighted by Crippen LogP contribution is -2.43. The summed E-state index contributed by atoms with van der Waals surface area (Å²) >= 11 is 0. The van der Waals surface area contributed by atoms with Crippen LogP contribution in [-0.2, 0) is 13.0 Å². The molecule has 0 unspecified atom stereocenters. The van der Waals surface area contributed by atoms with Gasteiger partial charge in [-0.3, -0.25) is 4.90 Å². The monoisotopic (exact) mass is 444 g/mol. The molecule has 3 aliphatic rings. The number of benzene rings is 2. The Labute approximate surface area is 195 Å². The van der Waals surface area contributed by atoms with Crippen molar-refractivity contribution >= 4 is 16.5 Å². The molecular weight excluding hydrogens is 412 g/mol. The van der Waals surface area contributed by atoms with Crippen LogP contribution < -0.4 is 14.4 Å². The van der Waals surface area contributed by atoms with Crippen molar-refractivity contribution < 1.29 is 9.47 Å². The summed E-state index contributed by atoms with van der Waals surface area (Å²) in [6.45, 7) is 6.89. The van der Waals surface area contributed by atoms with Crippen LogP contribution in [0, 0.1) is 6.92 Å². The van der Waals surface area contributed by atoms with Crippen LogP contribution in [-0.4, -0.2) is 53.8 Å². The van der Waals surface area contributed by atoms with E-state index in [1.165, 1.54) is 60.8 Å². The molecule has 172 valence electrons. The zero-order valence-corrected chi connectivity index (χ0v) is 19.6. The number of rotatable bonds is 5. The first-order valence-corrected chi connectivity index (χ1v) is 12.2. The fourth-order valence-electron chi connectivity index (χ4n) is 6.24. The lowest BCUT2D eigenvalue weighted by molar-refractivity contribution is 0.106. The summed E-state index contributed by atoms with van der Waals surface area (Å²) in [4.78, 5) is 14.6. The number of methoxy groups -OCH3 is 1. The van der Waals surface area contributed by atoms with Crippen LogP contribution in [0.1, 0.15) is 42.5 Å². The van der Waals surface area contributed by atoms with E-state index in [4.69, 9.17) is 14.5 Å². The highest BCUT2D eigenvalue weighted by atomic mass is 16.5. The molecule has 3 aliphatic heterocycles. The Morgan fingerprint density at radius 3 is 2.58 bits per heavy atom. The van der Waals surface area contributed by atoms with Crippen LogP contribution >= 0.6 is 0 Å². The van der Waals surface area contributed by atoms with E-state index in [0.717, 1.165) is 30.8 Å². The Kier molecular flexibility index (Phi) is 5.13. The highest BCUT2D eigenvalue weighted by Crippen LogP contribution is 2.39. The summed E-state index contributed by atoms with van der Waals surface area (Å²) < 4.78 is 12.0. The zero-order valence-electron chi connectivity index (χ0n) is 19.6. The molecule has 33 heavy (non-hydrogen) atoms. The van der Waals surface area contributed by atoms with E-state index in [0.29, 0.717) is 18.5 Å². The minimum Gasteiger partial charge on any atom is -0.481 e. The van der Waals surface area contributed by atoms with Crippen LogP contribution in [0.3, 0.4) is 0 Å². The fraction of sp³-hybridized carbons (Fsp3) is 0.481. The van der Waals surface area contributed by atoms with E-state index in [-0.39, 0.29) is 5.54 Å². The van der Waals surface area contributed by atoms with Crippen molar-refractivity contribution in [3.63, 3.8) is 0 Å². The van der Waals surface area contributed by atoms with Gasteiger partial charge in [0, 0.05) is 23.2 Å². The number of hydrogen-bond donors (Lipinski definition) is 0. The van der Waals surface area contributed by atoms with E-state index in [2.05, 4.69) is 58.1 Å². The molecule has 0 atom stereocenters. The highest BCUT2D eigenvalue weighted by Gasteiger charge is 2.45. The minimum absolute atomic E-state index is 0.180. The standard InChI is InChI=1S/C27H32N4O2/c1-19-7-3-8-20-9-4-10-23(24(19)20)30-16-11-21-22(17-30)28-26(29-25(21)32-2)33-18-27-12-5-14-31(27)15-6-13-27/h3-4,7-10H,5-6,11-18H2,1-2H3. The van der Waals surface area contributed by atoms with Crippen LogP contribution in [0.5, 0.6) is 11.9 Å². The van der Waals surface area contributed by atoms with Crippen molar-refractivity contribution in [2.75, 3.05) is 38.3 Å². The maximum atomic E-state index is 6.27. The Morgan fingerprint density at radius 2 is 1.79 bits per heavy atom. The van der Waals surface area contributed by atoms with Gasteiger partial charge in [0.25, 0.3) is 0 Å². The van der Waals surface area contributed by atoms with Gasteiger partial charge in [-0.2, -0.15) is 9.97 Å². The second-order valence-corrected chi connectivity index (χ2v) is 9.77. The largest absolute Gasteiger partial charge is 0.481 e. The second-order valence-electron chi connectivity index (χ2n) is 9.77. The predicted molar refractivity (Wildman–Crippen MR) is 130 cm³/mol. The number of aromatic nitrogens is 2. The maximum Gasteiger partial charge on any atom is 0.320 e. The van der Waals surface area contributed by atoms with E-state index < -0.39 is 0 Å². The van der Waals surface area contributed by atoms with Crippen molar-refractivity contribution in [1.82, 2.24) is 14.9 Å². The Hall–Kier alpha value is -2.86. The Morgan fingerprint density at radius 1 is 1.00 bits per heavy atom. The number of nitrogens with zero attached hydrogens (tertiary/aromatic N) is 4. The van der Waals surface area contributed by atoms with Gasteiger partial charge in [-0.25, -0.2) is 0 Å². The molecule has 0 saturated carbocycles. The predicted octanol–water partition coefficient (Wildman–Crippen LogP) is 4.52. The Bertz CT molecular complexity index is 1180. The third kappa shape index (κ3) is 3.52. The number of aryl methyl sites for hydroxylation is 1. The number of anilines is 1. The lowest BCUT2D eigenvalue weighted by atomic mass is 9.95. The zero-order chi connectivity index (χ0) is 22.4. The van der Waals surface area contributed by atoms with Gasteiger partial charge in [0.05, 0.1) is 24.9 Å². The second kappa shape index (κ2) is 8.17. The molecule has 2 aromatic carbocycles. The first-order valence-electron chi connectivity index (χ1n) is 12.2. The molecule has 0 spiro atoms. The molecular formula is C27H32N4O2. The molecule has 6 nitrogen and oxygen atoms in total. The van der Waals surface area contributed by atoms with E-state index in [1.54, 1.807) is 7.11 Å². The number of fused-ring (bicyclic) bond motifs is 3. The highest BCUT2D eigenvalue weighted by molar-refractivity contribution is 5.96. The maximum absolute atomic E-state index is 6.27. The van der Waals surface area contributed by atoms with Crippen LogP contribution in [0.15, 0.2) is 36.4 Å². The van der Waals surface area contributed by atoms with Crippen LogP contribution in [0.4, 0.5) is 5.69 Å². The van der Waals surface area contributed by atoms with Crippen molar-refractivity contribution in [2.45, 2.75) is 51.1 Å². The summed E-state index contributed by atoms with van der Waals surface area (Å²) in [5.41, 5.74) is 4.87. The summed E-state index contributed by atoms with van der Waals surface area (Å²) in [5, 5.41) is 2.60. The molecule has 6 rings (SSSR count). The van der Waals surface area contributed by atoms with Gasteiger partial charge < -0.3 is 14.4 Å². The average Bonchev–Trinajstić information content (AvgIpc) is 3.42. The molecule has 1 aromatic heterocycles. The third-order valence-corrected chi connectivity index (χ3v) is 7.91. The van der Waals surface area contributed by atoms with Crippen LogP contribution in [0.25, 0.3) is 10.8 Å². The molecule has 3 aromatic rings. The van der Waals surface area contributed by atoms with Gasteiger partial charge >= 0.3 is 6.01 Å². The normalized spacial score (nSPS) is 19.5. The molecule has 2 fully saturated rings. The molecule has 0 aliphatic carbocycles. The molecule has 6 heteroatoms. The molecule has 0 N–H and O–H groups in total. The van der Waals surface area contributed by atoms with Gasteiger partial charge in [0.1, 0.15) is 6.61 Å². The SMILES string of the molecule is COc1nc(OCC23CCCN2CCC3)nc2c1CCN(c1cccc3cccc(C)c13)C2. The first kappa shape index (κ1) is 20.7. The molecule has 2 saturated heterocycles. The number of ether oxygens (including phenoxy) is 2. The van der Waals surface area contributed by atoms with E-state index in [1.807, 2.05) is 0 Å². The summed E-state index contributed by atoms with van der Waals surface area (Å²) in [5.74, 6) is 0.663. The van der Waals surface area contributed by atoms with Crippen molar-refractivity contribution in [1.29, 1.82) is 0 Å². The Balaban J connectivity index is 1.29. The minimum atomic E-state index is 0.180. The molecule has 0 amide bonds. The van der Waals surface area contributed by atoms with E-state index in [9.17, 15) is 0 Å². The molecule has 4 heterocycles. The summed E-state index contributed by atoms with van der Waals surface area (Å²) in [6.07, 6.45) is 5.81. The van der Waals surface area contributed by atoms with Crippen molar-refractivity contribution in [2.24, 2.45) is 0 Å². The fourth-order valence-corrected chi connectivity index (χ4v) is 6.24.